The molecule has 0 aliphatic rings. The maximum Gasteiger partial charge on any atom is 0.273 e. The highest BCUT2D eigenvalue weighted by Crippen LogP contribution is 2.04. The van der Waals surface area contributed by atoms with E-state index in [2.05, 4.69) is 15.6 Å². The molecule has 0 spiro atoms. The van der Waals surface area contributed by atoms with Gasteiger partial charge in [0, 0.05) is 7.05 Å². The quantitative estimate of drug-likeness (QED) is 0.787. The summed E-state index contributed by atoms with van der Waals surface area (Å²) in [5.74, 6) is -0.313. The summed E-state index contributed by atoms with van der Waals surface area (Å²) in [4.78, 5) is 11.1. The molecule has 0 bridgehead atoms. The molecule has 0 aliphatic carbocycles. The standard InChI is InChI=1S/C9H15FN4O/c1-3-4-7(10)5-14-6-8(12-13-14)9(15)11-2/h6-7H,3-5H2,1-2H3,(H,11,15)/t7-/m1/s1. The van der Waals surface area contributed by atoms with E-state index in [4.69, 9.17) is 0 Å². The van der Waals surface area contributed by atoms with Crippen molar-refractivity contribution in [2.75, 3.05) is 7.05 Å². The highest BCUT2D eigenvalue weighted by molar-refractivity contribution is 5.91. The SMILES string of the molecule is CCC[C@@H](F)Cn1cc(C(=O)NC)nn1. The number of rotatable bonds is 5. The summed E-state index contributed by atoms with van der Waals surface area (Å²) in [6, 6.07) is 0. The van der Waals surface area contributed by atoms with Crippen molar-refractivity contribution >= 4 is 5.91 Å². The maximum atomic E-state index is 13.2. The third-order valence-corrected chi connectivity index (χ3v) is 1.99. The molecule has 6 heteroatoms. The van der Waals surface area contributed by atoms with Crippen molar-refractivity contribution in [1.29, 1.82) is 0 Å². The van der Waals surface area contributed by atoms with Crippen molar-refractivity contribution in [3.63, 3.8) is 0 Å². The van der Waals surface area contributed by atoms with E-state index in [0.717, 1.165) is 6.42 Å². The first-order valence-electron chi connectivity index (χ1n) is 4.93. The van der Waals surface area contributed by atoms with Crippen LogP contribution in [-0.4, -0.2) is 34.1 Å². The number of nitrogens with one attached hydrogen (secondary N) is 1. The Hall–Kier alpha value is -1.46. The van der Waals surface area contributed by atoms with Crippen LogP contribution in [-0.2, 0) is 6.54 Å². The fraction of sp³-hybridized carbons (Fsp3) is 0.667. The zero-order valence-electron chi connectivity index (χ0n) is 8.90. The first kappa shape index (κ1) is 11.6. The summed E-state index contributed by atoms with van der Waals surface area (Å²) in [5, 5.41) is 9.73. The molecular weight excluding hydrogens is 199 g/mol. The summed E-state index contributed by atoms with van der Waals surface area (Å²) in [5.41, 5.74) is 0.209. The zero-order chi connectivity index (χ0) is 11.3. The molecule has 1 aromatic rings. The van der Waals surface area contributed by atoms with Crippen LogP contribution in [0.5, 0.6) is 0 Å². The van der Waals surface area contributed by atoms with Gasteiger partial charge in [0.05, 0.1) is 12.7 Å². The number of carbonyl (C=O) groups excluding carboxylic acids is 1. The van der Waals surface area contributed by atoms with Gasteiger partial charge in [0.1, 0.15) is 6.17 Å². The van der Waals surface area contributed by atoms with E-state index < -0.39 is 6.17 Å². The van der Waals surface area contributed by atoms with Crippen molar-refractivity contribution in [3.05, 3.63) is 11.9 Å². The van der Waals surface area contributed by atoms with Gasteiger partial charge in [-0.1, -0.05) is 18.6 Å². The van der Waals surface area contributed by atoms with Crippen molar-refractivity contribution in [2.45, 2.75) is 32.5 Å². The molecule has 1 atom stereocenters. The van der Waals surface area contributed by atoms with E-state index in [1.165, 1.54) is 17.9 Å². The molecule has 0 radical (unpaired) electrons. The lowest BCUT2D eigenvalue weighted by atomic mass is 10.2. The smallest absolute Gasteiger partial charge is 0.273 e. The van der Waals surface area contributed by atoms with Crippen LogP contribution in [0.2, 0.25) is 0 Å². The maximum absolute atomic E-state index is 13.2. The van der Waals surface area contributed by atoms with E-state index >= 15 is 0 Å². The molecule has 15 heavy (non-hydrogen) atoms. The molecule has 0 unspecified atom stereocenters. The molecule has 0 saturated carbocycles. The molecule has 0 saturated heterocycles. The summed E-state index contributed by atoms with van der Waals surface area (Å²) < 4.78 is 14.5. The number of amides is 1. The Morgan fingerprint density at radius 3 is 3.07 bits per heavy atom. The van der Waals surface area contributed by atoms with E-state index in [1.54, 1.807) is 0 Å². The average molecular weight is 214 g/mol. The largest absolute Gasteiger partial charge is 0.354 e. The second kappa shape index (κ2) is 5.43. The van der Waals surface area contributed by atoms with Gasteiger partial charge in [-0.25, -0.2) is 9.07 Å². The lowest BCUT2D eigenvalue weighted by Gasteiger charge is -2.04. The molecule has 1 heterocycles. The van der Waals surface area contributed by atoms with Gasteiger partial charge in [-0.15, -0.1) is 5.10 Å². The zero-order valence-corrected chi connectivity index (χ0v) is 8.90. The number of hydrogen-bond acceptors (Lipinski definition) is 3. The summed E-state index contributed by atoms with van der Waals surface area (Å²) in [7, 11) is 1.51. The molecule has 1 rings (SSSR count). The molecule has 5 nitrogen and oxygen atoms in total. The molecule has 0 aliphatic heterocycles. The highest BCUT2D eigenvalue weighted by atomic mass is 19.1. The third-order valence-electron chi connectivity index (χ3n) is 1.99. The first-order chi connectivity index (χ1) is 7.17. The Balaban J connectivity index is 2.56. The molecule has 1 aromatic heterocycles. The molecule has 1 N–H and O–H groups in total. The Morgan fingerprint density at radius 2 is 2.47 bits per heavy atom. The normalized spacial score (nSPS) is 12.5. The number of alkyl halides is 1. The highest BCUT2D eigenvalue weighted by Gasteiger charge is 2.11. The van der Waals surface area contributed by atoms with Crippen LogP contribution in [0.1, 0.15) is 30.3 Å². The summed E-state index contributed by atoms with van der Waals surface area (Å²) in [6.07, 6.45) is 1.79. The number of hydrogen-bond donors (Lipinski definition) is 1. The van der Waals surface area contributed by atoms with Crippen LogP contribution in [0.3, 0.4) is 0 Å². The predicted octanol–water partition coefficient (Wildman–Crippen LogP) is 0.776. The minimum absolute atomic E-state index is 0.151. The second-order valence-corrected chi connectivity index (χ2v) is 3.29. The van der Waals surface area contributed by atoms with Gasteiger partial charge < -0.3 is 5.32 Å². The lowest BCUT2D eigenvalue weighted by Crippen LogP contribution is -2.18. The van der Waals surface area contributed by atoms with Crippen molar-refractivity contribution < 1.29 is 9.18 Å². The van der Waals surface area contributed by atoms with Crippen LogP contribution in [0.15, 0.2) is 6.20 Å². The average Bonchev–Trinajstić information content (AvgIpc) is 2.65. The summed E-state index contributed by atoms with van der Waals surface area (Å²) >= 11 is 0. The molecule has 84 valence electrons. The van der Waals surface area contributed by atoms with E-state index in [9.17, 15) is 9.18 Å². The molecule has 0 fully saturated rings. The predicted molar refractivity (Wildman–Crippen MR) is 53.2 cm³/mol. The van der Waals surface area contributed by atoms with Gasteiger partial charge >= 0.3 is 0 Å². The van der Waals surface area contributed by atoms with Crippen molar-refractivity contribution in [3.8, 4) is 0 Å². The number of nitrogens with zero attached hydrogens (tertiary/aromatic N) is 3. The number of halogens is 1. The van der Waals surface area contributed by atoms with Crippen LogP contribution < -0.4 is 5.32 Å². The van der Waals surface area contributed by atoms with E-state index in [1.807, 2.05) is 6.92 Å². The molecule has 0 aromatic carbocycles. The Labute approximate surface area is 87.7 Å². The van der Waals surface area contributed by atoms with Crippen LogP contribution in [0, 0.1) is 0 Å². The van der Waals surface area contributed by atoms with Gasteiger partial charge in [0.25, 0.3) is 5.91 Å². The molecule has 1 amide bonds. The van der Waals surface area contributed by atoms with E-state index in [0.29, 0.717) is 6.42 Å². The van der Waals surface area contributed by atoms with Gasteiger partial charge in [-0.2, -0.15) is 0 Å². The Kier molecular flexibility index (Phi) is 4.20. The summed E-state index contributed by atoms with van der Waals surface area (Å²) in [6.45, 7) is 2.07. The van der Waals surface area contributed by atoms with Crippen molar-refractivity contribution in [1.82, 2.24) is 20.3 Å². The third kappa shape index (κ3) is 3.30. The Bertz CT molecular complexity index is 326. The minimum Gasteiger partial charge on any atom is -0.354 e. The Morgan fingerprint density at radius 1 is 1.73 bits per heavy atom. The fourth-order valence-electron chi connectivity index (χ4n) is 1.23. The van der Waals surface area contributed by atoms with Crippen molar-refractivity contribution in [2.24, 2.45) is 0 Å². The van der Waals surface area contributed by atoms with Crippen LogP contribution >= 0.6 is 0 Å². The molecular formula is C9H15FN4O. The van der Waals surface area contributed by atoms with Gasteiger partial charge in [-0.05, 0) is 6.42 Å². The van der Waals surface area contributed by atoms with Crippen LogP contribution in [0.25, 0.3) is 0 Å². The number of aromatic nitrogens is 3. The lowest BCUT2D eigenvalue weighted by molar-refractivity contribution is 0.0958. The monoisotopic (exact) mass is 214 g/mol. The first-order valence-corrected chi connectivity index (χ1v) is 4.93. The van der Waals surface area contributed by atoms with Gasteiger partial charge in [0.2, 0.25) is 0 Å². The number of carbonyl (C=O) groups is 1. The van der Waals surface area contributed by atoms with Gasteiger partial charge in [-0.3, -0.25) is 4.79 Å². The fourth-order valence-corrected chi connectivity index (χ4v) is 1.23. The van der Waals surface area contributed by atoms with E-state index in [-0.39, 0.29) is 18.1 Å². The van der Waals surface area contributed by atoms with Gasteiger partial charge in [0.15, 0.2) is 5.69 Å². The second-order valence-electron chi connectivity index (χ2n) is 3.29. The minimum atomic E-state index is -0.936. The topological polar surface area (TPSA) is 59.8 Å². The van der Waals surface area contributed by atoms with Crippen LogP contribution in [0.4, 0.5) is 4.39 Å².